The van der Waals surface area contributed by atoms with Crippen molar-refractivity contribution in [3.05, 3.63) is 28.2 Å². The molecule has 1 aromatic carbocycles. The smallest absolute Gasteiger partial charge is 0.249 e. The van der Waals surface area contributed by atoms with Gasteiger partial charge in [-0.1, -0.05) is 28.4 Å². The molecule has 1 atom stereocenters. The molecular weight excluding hydrogens is 348 g/mol. The van der Waals surface area contributed by atoms with Gasteiger partial charge in [-0.05, 0) is 31.4 Å². The average Bonchev–Trinajstić information content (AvgIpc) is 2.69. The Labute approximate surface area is 136 Å². The Hall–Kier alpha value is -1.69. The number of hydrogen-bond acceptors (Lipinski definition) is 3. The van der Waals surface area contributed by atoms with E-state index in [1.165, 1.54) is 0 Å². The van der Waals surface area contributed by atoms with Crippen LogP contribution in [0.15, 0.2) is 22.7 Å². The second-order valence-electron chi connectivity index (χ2n) is 6.21. The number of hydrogen-bond donors (Lipinski definition) is 1. The molecule has 3 amide bonds. The van der Waals surface area contributed by atoms with Gasteiger partial charge in [-0.25, -0.2) is 0 Å². The lowest BCUT2D eigenvalue weighted by Gasteiger charge is -2.38. The highest BCUT2D eigenvalue weighted by molar-refractivity contribution is 9.10. The van der Waals surface area contributed by atoms with Gasteiger partial charge in [-0.2, -0.15) is 0 Å². The van der Waals surface area contributed by atoms with Gasteiger partial charge in [-0.15, -0.1) is 0 Å². The number of piperidine rings is 1. The normalized spacial score (nSPS) is 26.0. The zero-order valence-electron chi connectivity index (χ0n) is 11.9. The zero-order chi connectivity index (χ0) is 15.5. The van der Waals surface area contributed by atoms with Crippen molar-refractivity contribution in [2.45, 2.75) is 43.6 Å². The second-order valence-corrected chi connectivity index (χ2v) is 7.07. The number of benzene rings is 1. The third kappa shape index (κ3) is 1.67. The summed E-state index contributed by atoms with van der Waals surface area (Å²) >= 11 is 3.57. The molecule has 4 rings (SSSR count). The Kier molecular flexibility index (Phi) is 2.95. The first-order valence-electron chi connectivity index (χ1n) is 7.51. The Balaban J connectivity index is 1.82. The van der Waals surface area contributed by atoms with E-state index < -0.39 is 11.5 Å². The van der Waals surface area contributed by atoms with Crippen molar-refractivity contribution in [3.63, 3.8) is 0 Å². The molecule has 0 aromatic heterocycles. The zero-order valence-corrected chi connectivity index (χ0v) is 13.5. The molecule has 0 bridgehead atoms. The number of carbonyl (C=O) groups excluding carboxylic acids is 3. The van der Waals surface area contributed by atoms with E-state index in [0.29, 0.717) is 6.42 Å². The Morgan fingerprint density at radius 2 is 2.00 bits per heavy atom. The molecule has 3 aliphatic rings. The van der Waals surface area contributed by atoms with E-state index in [4.69, 9.17) is 0 Å². The van der Waals surface area contributed by atoms with Crippen LogP contribution in [0, 0.1) is 0 Å². The van der Waals surface area contributed by atoms with E-state index in [1.807, 2.05) is 18.2 Å². The topological polar surface area (TPSA) is 66.5 Å². The summed E-state index contributed by atoms with van der Waals surface area (Å²) in [6, 6.07) is 5.14. The summed E-state index contributed by atoms with van der Waals surface area (Å²) in [6.07, 6.45) is 3.33. The highest BCUT2D eigenvalue weighted by Gasteiger charge is 2.57. The first kappa shape index (κ1) is 13.9. The number of halogens is 1. The minimum Gasteiger partial charge on any atom is -0.299 e. The molecule has 2 fully saturated rings. The van der Waals surface area contributed by atoms with Gasteiger partial charge in [0.15, 0.2) is 0 Å². The molecule has 0 radical (unpaired) electrons. The highest BCUT2D eigenvalue weighted by Crippen LogP contribution is 2.56. The van der Waals surface area contributed by atoms with E-state index in [9.17, 15) is 14.4 Å². The van der Waals surface area contributed by atoms with Crippen LogP contribution in [0.1, 0.15) is 37.7 Å². The first-order valence-corrected chi connectivity index (χ1v) is 8.30. The van der Waals surface area contributed by atoms with Crippen molar-refractivity contribution in [2.24, 2.45) is 0 Å². The summed E-state index contributed by atoms with van der Waals surface area (Å²) in [5.74, 6) is -0.622. The maximum atomic E-state index is 13.1. The van der Waals surface area contributed by atoms with E-state index in [-0.39, 0.29) is 24.1 Å². The standard InChI is InChI=1S/C16H15BrN2O3/c17-9-3-1-4-10-13(9)16(7-2-8-16)15(22)19(10)11-5-6-12(20)18-14(11)21/h1,3-4,11H,2,5-8H2,(H,18,20,21). The van der Waals surface area contributed by atoms with Crippen LogP contribution in [0.4, 0.5) is 5.69 Å². The van der Waals surface area contributed by atoms with Crippen molar-refractivity contribution >= 4 is 39.3 Å². The van der Waals surface area contributed by atoms with Gasteiger partial charge in [0.2, 0.25) is 17.7 Å². The van der Waals surface area contributed by atoms with Crippen LogP contribution < -0.4 is 10.2 Å². The maximum Gasteiger partial charge on any atom is 0.249 e. The molecule has 114 valence electrons. The lowest BCUT2D eigenvalue weighted by atomic mass is 9.65. The summed E-state index contributed by atoms with van der Waals surface area (Å²) in [7, 11) is 0. The fourth-order valence-corrected chi connectivity index (χ4v) is 4.60. The van der Waals surface area contributed by atoms with Gasteiger partial charge >= 0.3 is 0 Å². The van der Waals surface area contributed by atoms with Crippen molar-refractivity contribution in [1.29, 1.82) is 0 Å². The summed E-state index contributed by atoms with van der Waals surface area (Å²) < 4.78 is 0.924. The first-order chi connectivity index (χ1) is 10.5. The molecule has 1 aromatic rings. The average molecular weight is 363 g/mol. The molecule has 2 heterocycles. The molecule has 1 saturated carbocycles. The Bertz CT molecular complexity index is 711. The van der Waals surface area contributed by atoms with Gasteiger partial charge in [0.25, 0.3) is 0 Å². The fourth-order valence-electron chi connectivity index (χ4n) is 3.87. The lowest BCUT2D eigenvalue weighted by Crippen LogP contribution is -2.56. The van der Waals surface area contributed by atoms with E-state index in [2.05, 4.69) is 21.2 Å². The van der Waals surface area contributed by atoms with Gasteiger partial charge < -0.3 is 0 Å². The predicted molar refractivity (Wildman–Crippen MR) is 83.3 cm³/mol. The number of nitrogens with one attached hydrogen (secondary N) is 1. The molecule has 1 unspecified atom stereocenters. The number of fused-ring (bicyclic) bond motifs is 2. The lowest BCUT2D eigenvalue weighted by molar-refractivity contribution is -0.136. The van der Waals surface area contributed by atoms with Crippen LogP contribution in [0.5, 0.6) is 0 Å². The minimum atomic E-state index is -0.585. The van der Waals surface area contributed by atoms with Crippen LogP contribution in [-0.4, -0.2) is 23.8 Å². The number of anilines is 1. The van der Waals surface area contributed by atoms with Crippen LogP contribution in [0.2, 0.25) is 0 Å². The predicted octanol–water partition coefficient (Wildman–Crippen LogP) is 2.02. The van der Waals surface area contributed by atoms with Crippen LogP contribution >= 0.6 is 15.9 Å². The monoisotopic (exact) mass is 362 g/mol. The number of nitrogens with zero attached hydrogens (tertiary/aromatic N) is 1. The maximum absolute atomic E-state index is 13.1. The minimum absolute atomic E-state index is 0.00940. The summed E-state index contributed by atoms with van der Waals surface area (Å²) in [5, 5.41) is 2.35. The van der Waals surface area contributed by atoms with E-state index in [1.54, 1.807) is 4.90 Å². The highest BCUT2D eigenvalue weighted by atomic mass is 79.9. The van der Waals surface area contributed by atoms with Gasteiger partial charge in [0.1, 0.15) is 6.04 Å². The van der Waals surface area contributed by atoms with Crippen molar-refractivity contribution in [3.8, 4) is 0 Å². The van der Waals surface area contributed by atoms with Crippen LogP contribution in [0.3, 0.4) is 0 Å². The molecule has 22 heavy (non-hydrogen) atoms. The number of rotatable bonds is 1. The summed E-state index contributed by atoms with van der Waals surface area (Å²) in [6.45, 7) is 0. The van der Waals surface area contributed by atoms with Crippen LogP contribution in [0.25, 0.3) is 0 Å². The number of carbonyl (C=O) groups is 3. The summed E-state index contributed by atoms with van der Waals surface area (Å²) in [4.78, 5) is 38.3. The molecular formula is C16H15BrN2O3. The molecule has 6 heteroatoms. The molecule has 2 aliphatic heterocycles. The third-order valence-corrected chi connectivity index (χ3v) is 5.75. The van der Waals surface area contributed by atoms with Crippen molar-refractivity contribution in [1.82, 2.24) is 5.32 Å². The molecule has 1 saturated heterocycles. The molecule has 1 spiro atoms. The van der Waals surface area contributed by atoms with Crippen molar-refractivity contribution < 1.29 is 14.4 Å². The summed E-state index contributed by atoms with van der Waals surface area (Å²) in [5.41, 5.74) is 1.35. The SMILES string of the molecule is O=C1CCC(N2C(=O)C3(CCC3)c3c(Br)cccc32)C(=O)N1. The van der Waals surface area contributed by atoms with E-state index >= 15 is 0 Å². The fraction of sp³-hybridized carbons (Fsp3) is 0.438. The molecule has 1 N–H and O–H groups in total. The van der Waals surface area contributed by atoms with Gasteiger partial charge in [0.05, 0.1) is 5.41 Å². The van der Waals surface area contributed by atoms with Gasteiger partial charge in [0, 0.05) is 22.1 Å². The van der Waals surface area contributed by atoms with Crippen molar-refractivity contribution in [2.75, 3.05) is 4.90 Å². The Morgan fingerprint density at radius 1 is 1.23 bits per heavy atom. The Morgan fingerprint density at radius 3 is 2.64 bits per heavy atom. The third-order valence-electron chi connectivity index (χ3n) is 5.09. The quantitative estimate of drug-likeness (QED) is 0.777. The van der Waals surface area contributed by atoms with E-state index in [0.717, 1.165) is 35.0 Å². The van der Waals surface area contributed by atoms with Crippen LogP contribution in [-0.2, 0) is 19.8 Å². The largest absolute Gasteiger partial charge is 0.299 e. The molecule has 1 aliphatic carbocycles. The second kappa shape index (κ2) is 4.65. The van der Waals surface area contributed by atoms with Gasteiger partial charge in [-0.3, -0.25) is 24.6 Å². The molecule has 5 nitrogen and oxygen atoms in total. The number of amides is 3. The number of imide groups is 1.